The zero-order valence-electron chi connectivity index (χ0n) is 13.2. The maximum absolute atomic E-state index is 12.6. The van der Waals surface area contributed by atoms with Gasteiger partial charge in [0, 0.05) is 16.1 Å². The van der Waals surface area contributed by atoms with Crippen LogP contribution in [0.15, 0.2) is 41.3 Å². The van der Waals surface area contributed by atoms with Gasteiger partial charge in [-0.3, -0.25) is 14.5 Å². The lowest BCUT2D eigenvalue weighted by Crippen LogP contribution is -2.27. The zero-order valence-corrected chi connectivity index (χ0v) is 15.5. The van der Waals surface area contributed by atoms with E-state index in [1.165, 1.54) is 0 Å². The minimum atomic E-state index is -0.358. The van der Waals surface area contributed by atoms with Crippen LogP contribution in [0.4, 0.5) is 4.79 Å². The van der Waals surface area contributed by atoms with Crippen molar-refractivity contribution in [2.75, 3.05) is 6.79 Å². The summed E-state index contributed by atoms with van der Waals surface area (Å²) < 4.78 is 10.6. The Hall–Kier alpha value is -2.15. The molecule has 0 atom stereocenters. The quantitative estimate of drug-likeness (QED) is 0.672. The molecule has 2 aromatic rings. The van der Waals surface area contributed by atoms with Crippen molar-refractivity contribution in [3.05, 3.63) is 62.5 Å². The topological polar surface area (TPSA) is 55.8 Å². The van der Waals surface area contributed by atoms with Crippen molar-refractivity contribution in [2.24, 2.45) is 0 Å². The molecule has 8 heteroatoms. The fraction of sp³-hybridized carbons (Fsp3) is 0.111. The first kappa shape index (κ1) is 17.3. The number of hydrogen-bond donors (Lipinski definition) is 0. The molecule has 0 bridgehead atoms. The van der Waals surface area contributed by atoms with Crippen LogP contribution in [0.1, 0.15) is 11.1 Å². The number of nitrogens with zero attached hydrogens (tertiary/aromatic N) is 1. The summed E-state index contributed by atoms with van der Waals surface area (Å²) in [6, 6.07) is 10.3. The van der Waals surface area contributed by atoms with Crippen molar-refractivity contribution in [2.45, 2.75) is 6.54 Å². The van der Waals surface area contributed by atoms with E-state index < -0.39 is 0 Å². The molecule has 2 amide bonds. The number of carbonyl (C=O) groups excluding carboxylic acids is 2. The normalized spacial score (nSPS) is 17.5. The van der Waals surface area contributed by atoms with Gasteiger partial charge in [-0.1, -0.05) is 35.3 Å². The molecule has 1 fully saturated rings. The van der Waals surface area contributed by atoms with Gasteiger partial charge in [0.1, 0.15) is 0 Å². The maximum Gasteiger partial charge on any atom is 0.293 e. The van der Waals surface area contributed by atoms with Crippen LogP contribution in [0.5, 0.6) is 11.5 Å². The van der Waals surface area contributed by atoms with E-state index in [4.69, 9.17) is 32.7 Å². The van der Waals surface area contributed by atoms with Crippen LogP contribution in [0, 0.1) is 0 Å². The number of carbonyl (C=O) groups is 2. The Morgan fingerprint density at radius 2 is 1.77 bits per heavy atom. The molecule has 0 aliphatic carbocycles. The van der Waals surface area contributed by atoms with E-state index in [9.17, 15) is 9.59 Å². The van der Waals surface area contributed by atoms with Gasteiger partial charge in [0.25, 0.3) is 11.1 Å². The molecule has 2 aromatic carbocycles. The molecule has 0 aromatic heterocycles. The predicted molar refractivity (Wildman–Crippen MR) is 101 cm³/mol. The summed E-state index contributed by atoms with van der Waals surface area (Å²) in [5.74, 6) is 0.743. The third-order valence-corrected chi connectivity index (χ3v) is 5.42. The lowest BCUT2D eigenvalue weighted by Gasteiger charge is -2.14. The van der Waals surface area contributed by atoms with E-state index in [2.05, 4.69) is 0 Å². The summed E-state index contributed by atoms with van der Waals surface area (Å²) in [6.45, 7) is 0.193. The Kier molecular flexibility index (Phi) is 4.56. The maximum atomic E-state index is 12.6. The molecule has 4 rings (SSSR count). The summed E-state index contributed by atoms with van der Waals surface area (Å²) >= 11 is 13.0. The van der Waals surface area contributed by atoms with Gasteiger partial charge in [-0.25, -0.2) is 0 Å². The molecular formula is C18H11Cl2NO4S. The number of imide groups is 1. The van der Waals surface area contributed by atoms with Gasteiger partial charge >= 0.3 is 0 Å². The smallest absolute Gasteiger partial charge is 0.293 e. The third kappa shape index (κ3) is 3.28. The van der Waals surface area contributed by atoms with Crippen molar-refractivity contribution in [3.63, 3.8) is 0 Å². The molecule has 0 N–H and O–H groups in total. The highest BCUT2D eigenvalue weighted by Crippen LogP contribution is 2.39. The van der Waals surface area contributed by atoms with E-state index in [1.807, 2.05) is 0 Å². The molecule has 5 nitrogen and oxygen atoms in total. The summed E-state index contributed by atoms with van der Waals surface area (Å²) in [4.78, 5) is 26.4. The standard InChI is InChI=1S/C18H11Cl2NO4S/c19-12-3-1-10(2-4-12)5-16-17(22)21(18(23)26-16)8-11-6-14-15(7-13(11)20)25-9-24-14/h1-7H,8-9H2/b16-5+. The highest BCUT2D eigenvalue weighted by molar-refractivity contribution is 8.18. The first-order valence-corrected chi connectivity index (χ1v) is 9.17. The van der Waals surface area contributed by atoms with Gasteiger partial charge in [0.05, 0.1) is 11.4 Å². The molecule has 0 spiro atoms. The average molecular weight is 408 g/mol. The number of halogens is 2. The molecule has 132 valence electrons. The second-order valence-corrected chi connectivity index (χ2v) is 7.45. The number of thioether (sulfide) groups is 1. The van der Waals surface area contributed by atoms with Crippen LogP contribution < -0.4 is 9.47 Å². The van der Waals surface area contributed by atoms with Crippen LogP contribution in [0.2, 0.25) is 10.0 Å². The Balaban J connectivity index is 1.57. The Morgan fingerprint density at radius 1 is 1.08 bits per heavy atom. The van der Waals surface area contributed by atoms with Gasteiger partial charge in [-0.05, 0) is 47.2 Å². The van der Waals surface area contributed by atoms with Gasteiger partial charge in [-0.15, -0.1) is 0 Å². The van der Waals surface area contributed by atoms with E-state index in [0.717, 1.165) is 22.2 Å². The number of amides is 2. The average Bonchev–Trinajstić information content (AvgIpc) is 3.16. The number of benzene rings is 2. The lowest BCUT2D eigenvalue weighted by atomic mass is 10.1. The van der Waals surface area contributed by atoms with Gasteiger partial charge < -0.3 is 9.47 Å². The number of rotatable bonds is 3. The highest BCUT2D eigenvalue weighted by Gasteiger charge is 2.35. The fourth-order valence-electron chi connectivity index (χ4n) is 2.60. The SMILES string of the molecule is O=C1S/C(=C/c2ccc(Cl)cc2)C(=O)N1Cc1cc2c(cc1Cl)OCO2. The number of fused-ring (bicyclic) bond motifs is 1. The zero-order chi connectivity index (χ0) is 18.3. The highest BCUT2D eigenvalue weighted by atomic mass is 35.5. The Bertz CT molecular complexity index is 943. The summed E-state index contributed by atoms with van der Waals surface area (Å²) in [7, 11) is 0. The van der Waals surface area contributed by atoms with E-state index in [1.54, 1.807) is 42.5 Å². The van der Waals surface area contributed by atoms with Gasteiger partial charge in [-0.2, -0.15) is 0 Å². The first-order chi connectivity index (χ1) is 12.5. The van der Waals surface area contributed by atoms with E-state index in [-0.39, 0.29) is 24.5 Å². The van der Waals surface area contributed by atoms with Crippen LogP contribution in [0.25, 0.3) is 6.08 Å². The minimum absolute atomic E-state index is 0.0676. The molecule has 2 aliphatic heterocycles. The molecule has 2 aliphatic rings. The summed E-state index contributed by atoms with van der Waals surface area (Å²) in [5.41, 5.74) is 1.41. The van der Waals surface area contributed by atoms with E-state index in [0.29, 0.717) is 32.0 Å². The van der Waals surface area contributed by atoms with E-state index >= 15 is 0 Å². The summed E-state index contributed by atoms with van der Waals surface area (Å²) in [5, 5.41) is 0.673. The molecular weight excluding hydrogens is 397 g/mol. The number of hydrogen-bond acceptors (Lipinski definition) is 5. The molecule has 26 heavy (non-hydrogen) atoms. The van der Waals surface area contributed by atoms with Crippen LogP contribution >= 0.6 is 35.0 Å². The second-order valence-electron chi connectivity index (χ2n) is 5.62. The second kappa shape index (κ2) is 6.87. The van der Waals surface area contributed by atoms with Gasteiger partial charge in [0.2, 0.25) is 6.79 Å². The summed E-state index contributed by atoms with van der Waals surface area (Å²) in [6.07, 6.45) is 1.67. The predicted octanol–water partition coefficient (Wildman–Crippen LogP) is 4.96. The van der Waals surface area contributed by atoms with Crippen molar-refractivity contribution in [1.29, 1.82) is 0 Å². The largest absolute Gasteiger partial charge is 0.454 e. The Morgan fingerprint density at radius 3 is 2.50 bits per heavy atom. The molecule has 0 unspecified atom stereocenters. The number of ether oxygens (including phenoxy) is 2. The van der Waals surface area contributed by atoms with Crippen LogP contribution in [-0.2, 0) is 11.3 Å². The van der Waals surface area contributed by atoms with Crippen LogP contribution in [0.3, 0.4) is 0 Å². The minimum Gasteiger partial charge on any atom is -0.454 e. The first-order valence-electron chi connectivity index (χ1n) is 7.60. The molecule has 0 radical (unpaired) electrons. The van der Waals surface area contributed by atoms with Crippen molar-refractivity contribution in [3.8, 4) is 11.5 Å². The fourth-order valence-corrected chi connectivity index (χ4v) is 3.78. The Labute approximate surface area is 163 Å². The molecule has 2 heterocycles. The van der Waals surface area contributed by atoms with Crippen LogP contribution in [-0.4, -0.2) is 22.8 Å². The lowest BCUT2D eigenvalue weighted by molar-refractivity contribution is -0.123. The molecule has 1 saturated heterocycles. The van der Waals surface area contributed by atoms with Gasteiger partial charge in [0.15, 0.2) is 11.5 Å². The molecule has 0 saturated carbocycles. The third-order valence-electron chi connectivity index (χ3n) is 3.91. The monoisotopic (exact) mass is 407 g/mol. The van der Waals surface area contributed by atoms with Crippen molar-refractivity contribution in [1.82, 2.24) is 4.90 Å². The van der Waals surface area contributed by atoms with Crippen molar-refractivity contribution < 1.29 is 19.1 Å². The van der Waals surface area contributed by atoms with Crippen molar-refractivity contribution >= 4 is 52.2 Å².